The number of esters is 1. The van der Waals surface area contributed by atoms with E-state index in [1.165, 1.54) is 0 Å². The molecule has 0 N–H and O–H groups in total. The summed E-state index contributed by atoms with van der Waals surface area (Å²) >= 11 is 0. The summed E-state index contributed by atoms with van der Waals surface area (Å²) < 4.78 is 12.2. The summed E-state index contributed by atoms with van der Waals surface area (Å²) in [6.07, 6.45) is 5.31. The third-order valence-electron chi connectivity index (χ3n) is 6.19. The van der Waals surface area contributed by atoms with Gasteiger partial charge in [0.25, 0.3) is 0 Å². The molecule has 0 aromatic carbocycles. The molecule has 146 valence electrons. The Kier molecular flexibility index (Phi) is 8.89. The SMILES string of the molecule is C/C=C(\COC(=O)[C@@H]1CCC[C@H]1C)CO[Si](C(C)C)(C(C)C)C(C)C. The van der Waals surface area contributed by atoms with Gasteiger partial charge in [-0.25, -0.2) is 0 Å². The zero-order chi connectivity index (χ0) is 19.2. The van der Waals surface area contributed by atoms with E-state index in [0.29, 0.717) is 35.8 Å². The minimum Gasteiger partial charge on any atom is -0.461 e. The largest absolute Gasteiger partial charge is 0.461 e. The number of hydrogen-bond donors (Lipinski definition) is 0. The third kappa shape index (κ3) is 5.43. The number of hydrogen-bond acceptors (Lipinski definition) is 3. The predicted octanol–water partition coefficient (Wildman–Crippen LogP) is 6.10. The van der Waals surface area contributed by atoms with Crippen molar-refractivity contribution in [3.05, 3.63) is 11.6 Å². The summed E-state index contributed by atoms with van der Waals surface area (Å²) in [7, 11) is -1.88. The molecule has 1 fully saturated rings. The van der Waals surface area contributed by atoms with Crippen LogP contribution in [0.25, 0.3) is 0 Å². The summed E-state index contributed by atoms with van der Waals surface area (Å²) in [4.78, 5) is 12.3. The van der Waals surface area contributed by atoms with E-state index < -0.39 is 8.32 Å². The molecule has 4 heteroatoms. The minimum atomic E-state index is -1.88. The van der Waals surface area contributed by atoms with Crippen LogP contribution in [0.5, 0.6) is 0 Å². The van der Waals surface area contributed by atoms with Crippen LogP contribution in [0, 0.1) is 11.8 Å². The van der Waals surface area contributed by atoms with E-state index in [1.54, 1.807) is 0 Å². The molecule has 0 spiro atoms. The highest BCUT2D eigenvalue weighted by molar-refractivity contribution is 6.77. The number of carbonyl (C=O) groups is 1. The molecule has 0 aromatic rings. The van der Waals surface area contributed by atoms with Crippen LogP contribution in [-0.2, 0) is 14.0 Å². The Labute approximate surface area is 156 Å². The van der Waals surface area contributed by atoms with Gasteiger partial charge in [-0.05, 0) is 47.9 Å². The monoisotopic (exact) mass is 368 g/mol. The van der Waals surface area contributed by atoms with Gasteiger partial charge in [0.15, 0.2) is 0 Å². The van der Waals surface area contributed by atoms with Gasteiger partial charge in [0, 0.05) is 0 Å². The van der Waals surface area contributed by atoms with Gasteiger partial charge in [-0.1, -0.05) is 61.0 Å². The van der Waals surface area contributed by atoms with Crippen LogP contribution in [0.1, 0.15) is 74.7 Å². The van der Waals surface area contributed by atoms with Crippen molar-refractivity contribution in [3.63, 3.8) is 0 Å². The van der Waals surface area contributed by atoms with Crippen LogP contribution >= 0.6 is 0 Å². The number of carbonyl (C=O) groups excluding carboxylic acids is 1. The Balaban J connectivity index is 2.64. The predicted molar refractivity (Wildman–Crippen MR) is 108 cm³/mol. The molecule has 25 heavy (non-hydrogen) atoms. The van der Waals surface area contributed by atoms with E-state index in [0.717, 1.165) is 24.8 Å². The first kappa shape index (κ1) is 22.4. The van der Waals surface area contributed by atoms with Gasteiger partial charge in [-0.2, -0.15) is 0 Å². The second-order valence-corrected chi connectivity index (χ2v) is 14.1. The van der Waals surface area contributed by atoms with Gasteiger partial charge in [-0.3, -0.25) is 4.79 Å². The lowest BCUT2D eigenvalue weighted by atomic mass is 9.99. The molecule has 0 unspecified atom stereocenters. The lowest BCUT2D eigenvalue weighted by Gasteiger charge is -2.42. The van der Waals surface area contributed by atoms with E-state index in [-0.39, 0.29) is 11.9 Å². The highest BCUT2D eigenvalue weighted by Gasteiger charge is 2.45. The summed E-state index contributed by atoms with van der Waals surface area (Å²) in [5.41, 5.74) is 2.77. The van der Waals surface area contributed by atoms with Crippen LogP contribution in [0.3, 0.4) is 0 Å². The van der Waals surface area contributed by atoms with E-state index in [2.05, 4.69) is 48.5 Å². The topological polar surface area (TPSA) is 35.5 Å². The molecule has 0 saturated heterocycles. The fourth-order valence-electron chi connectivity index (χ4n) is 4.69. The van der Waals surface area contributed by atoms with Crippen molar-refractivity contribution in [3.8, 4) is 0 Å². The van der Waals surface area contributed by atoms with Crippen molar-refractivity contribution in [2.24, 2.45) is 11.8 Å². The van der Waals surface area contributed by atoms with Gasteiger partial charge < -0.3 is 9.16 Å². The maximum Gasteiger partial charge on any atom is 0.309 e. The summed E-state index contributed by atoms with van der Waals surface area (Å²) in [5.74, 6) is 0.527. The van der Waals surface area contributed by atoms with Crippen molar-refractivity contribution in [1.82, 2.24) is 0 Å². The molecule has 3 nitrogen and oxygen atoms in total. The van der Waals surface area contributed by atoms with Crippen molar-refractivity contribution in [2.75, 3.05) is 13.2 Å². The quantitative estimate of drug-likeness (QED) is 0.280. The zero-order valence-electron chi connectivity index (χ0n) is 17.7. The average molecular weight is 369 g/mol. The Bertz CT molecular complexity index is 432. The van der Waals surface area contributed by atoms with Gasteiger partial charge in [0.2, 0.25) is 8.32 Å². The highest BCUT2D eigenvalue weighted by atomic mass is 28.4. The summed E-state index contributed by atoms with van der Waals surface area (Å²) in [6.45, 7) is 18.9. The molecule has 1 aliphatic rings. The van der Waals surface area contributed by atoms with Crippen LogP contribution in [0.2, 0.25) is 16.6 Å². The van der Waals surface area contributed by atoms with Crippen molar-refractivity contribution < 1.29 is 14.0 Å². The maximum atomic E-state index is 12.3. The molecule has 0 amide bonds. The van der Waals surface area contributed by atoms with Crippen LogP contribution < -0.4 is 0 Å². The second kappa shape index (κ2) is 9.91. The molecule has 0 aliphatic heterocycles. The molecule has 1 saturated carbocycles. The molecular weight excluding hydrogens is 328 g/mol. The highest BCUT2D eigenvalue weighted by Crippen LogP contribution is 2.42. The Morgan fingerprint density at radius 1 is 1.04 bits per heavy atom. The van der Waals surface area contributed by atoms with Crippen molar-refractivity contribution in [1.29, 1.82) is 0 Å². The van der Waals surface area contributed by atoms with Crippen molar-refractivity contribution in [2.45, 2.75) is 91.3 Å². The first-order chi connectivity index (χ1) is 11.7. The lowest BCUT2D eigenvalue weighted by molar-refractivity contribution is -0.148. The molecule has 0 heterocycles. The third-order valence-corrected chi connectivity index (χ3v) is 12.2. The lowest BCUT2D eigenvalue weighted by Crippen LogP contribution is -2.48. The first-order valence-corrected chi connectivity index (χ1v) is 12.2. The fraction of sp³-hybridized carbons (Fsp3) is 0.857. The zero-order valence-corrected chi connectivity index (χ0v) is 18.7. The minimum absolute atomic E-state index is 0.0237. The number of rotatable bonds is 9. The van der Waals surface area contributed by atoms with Gasteiger partial charge >= 0.3 is 5.97 Å². The molecule has 0 radical (unpaired) electrons. The van der Waals surface area contributed by atoms with E-state index in [1.807, 2.05) is 13.0 Å². The number of allylic oxidation sites excluding steroid dienone is 1. The average Bonchev–Trinajstić information content (AvgIpc) is 2.95. The molecule has 1 aliphatic carbocycles. The molecule has 0 bridgehead atoms. The van der Waals surface area contributed by atoms with Crippen LogP contribution in [0.4, 0.5) is 0 Å². The van der Waals surface area contributed by atoms with E-state index >= 15 is 0 Å². The summed E-state index contributed by atoms with van der Waals surface area (Å²) in [5, 5.41) is 0. The van der Waals surface area contributed by atoms with Gasteiger partial charge in [0.1, 0.15) is 6.61 Å². The smallest absolute Gasteiger partial charge is 0.309 e. The fourth-order valence-corrected chi connectivity index (χ4v) is 10.1. The second-order valence-electron chi connectivity index (χ2n) is 8.68. The first-order valence-electron chi connectivity index (χ1n) is 10.1. The normalized spacial score (nSPS) is 22.3. The van der Waals surface area contributed by atoms with Gasteiger partial charge in [-0.15, -0.1) is 0 Å². The molecule has 0 aromatic heterocycles. The molecule has 2 atom stereocenters. The Morgan fingerprint density at radius 3 is 2.00 bits per heavy atom. The molecule has 1 rings (SSSR count). The Morgan fingerprint density at radius 2 is 1.60 bits per heavy atom. The van der Waals surface area contributed by atoms with E-state index in [4.69, 9.17) is 9.16 Å². The van der Waals surface area contributed by atoms with E-state index in [9.17, 15) is 4.79 Å². The number of ether oxygens (including phenoxy) is 1. The maximum absolute atomic E-state index is 12.3. The molecular formula is C21H40O3Si. The summed E-state index contributed by atoms with van der Waals surface area (Å²) in [6, 6.07) is 0. The van der Waals surface area contributed by atoms with Gasteiger partial charge in [0.05, 0.1) is 12.5 Å². The van der Waals surface area contributed by atoms with Crippen molar-refractivity contribution >= 4 is 14.3 Å². The van der Waals surface area contributed by atoms with Crippen LogP contribution in [-0.4, -0.2) is 27.5 Å². The standard InChI is InChI=1S/C21H40O3Si/c1-9-19(13-23-21(22)20-12-10-11-18(20)8)14-24-25(15(2)3,16(4)5)17(6)7/h9,15-18,20H,10-14H2,1-8H3/b19-9+/t18-,20-/m1/s1. The Hall–Kier alpha value is -0.613. The van der Waals surface area contributed by atoms with Crippen LogP contribution in [0.15, 0.2) is 11.6 Å².